The fraction of sp³-hybridized carbons (Fsp3) is 0.571. The number of hydrogen-bond donors (Lipinski definition) is 0. The number of nitrogens with zero attached hydrogens (tertiary/aromatic N) is 1. The Bertz CT molecular complexity index is 487. The van der Waals surface area contributed by atoms with Gasteiger partial charge in [-0.15, -0.1) is 11.8 Å². The van der Waals surface area contributed by atoms with E-state index in [1.165, 1.54) is 17.6 Å². The van der Waals surface area contributed by atoms with Gasteiger partial charge in [-0.05, 0) is 31.0 Å². The van der Waals surface area contributed by atoms with Gasteiger partial charge in [0.15, 0.2) is 0 Å². The minimum atomic E-state index is -2.83. The average molecular weight is 299 g/mol. The van der Waals surface area contributed by atoms with Crippen molar-refractivity contribution in [3.8, 4) is 0 Å². The molecule has 0 amide bonds. The summed E-state index contributed by atoms with van der Waals surface area (Å²) in [6.45, 7) is 2.76. The van der Waals surface area contributed by atoms with E-state index in [1.54, 1.807) is 0 Å². The molecule has 0 radical (unpaired) electrons. The lowest BCUT2D eigenvalue weighted by Gasteiger charge is -2.15. The van der Waals surface area contributed by atoms with Crippen molar-refractivity contribution in [2.75, 3.05) is 37.4 Å². The van der Waals surface area contributed by atoms with E-state index in [0.717, 1.165) is 18.8 Å². The van der Waals surface area contributed by atoms with Crippen molar-refractivity contribution in [2.45, 2.75) is 11.3 Å². The predicted octanol–water partition coefficient (Wildman–Crippen LogP) is 2.15. The fourth-order valence-electron chi connectivity index (χ4n) is 2.28. The van der Waals surface area contributed by atoms with E-state index < -0.39 is 9.84 Å². The quantitative estimate of drug-likeness (QED) is 0.754. The molecule has 0 bridgehead atoms. The monoisotopic (exact) mass is 299 g/mol. The van der Waals surface area contributed by atoms with Crippen molar-refractivity contribution < 1.29 is 8.42 Å². The van der Waals surface area contributed by atoms with Gasteiger partial charge >= 0.3 is 0 Å². The highest BCUT2D eigenvalue weighted by Gasteiger charge is 2.22. The van der Waals surface area contributed by atoms with Gasteiger partial charge in [-0.1, -0.05) is 18.2 Å². The zero-order chi connectivity index (χ0) is 13.7. The zero-order valence-corrected chi connectivity index (χ0v) is 12.9. The standard InChI is InChI=1S/C14H21NO2S2/c1-19(16,17)10-9-15-8-7-13(11-15)12-18-14-5-3-2-4-6-14/h2-6,13H,7-12H2,1H3/t13-/m0/s1. The molecule has 3 nitrogen and oxygen atoms in total. The molecule has 106 valence electrons. The van der Waals surface area contributed by atoms with Crippen LogP contribution >= 0.6 is 11.8 Å². The molecule has 0 aromatic heterocycles. The minimum absolute atomic E-state index is 0.283. The van der Waals surface area contributed by atoms with Crippen LogP contribution in [0.3, 0.4) is 0 Å². The molecule has 1 heterocycles. The van der Waals surface area contributed by atoms with Crippen molar-refractivity contribution in [1.82, 2.24) is 4.90 Å². The van der Waals surface area contributed by atoms with Crippen LogP contribution in [-0.4, -0.2) is 50.7 Å². The van der Waals surface area contributed by atoms with Crippen LogP contribution < -0.4 is 0 Å². The molecule has 1 aromatic carbocycles. The number of likely N-dealkylation sites (tertiary alicyclic amines) is 1. The number of thioether (sulfide) groups is 1. The van der Waals surface area contributed by atoms with Crippen molar-refractivity contribution in [2.24, 2.45) is 5.92 Å². The molecule has 5 heteroatoms. The largest absolute Gasteiger partial charge is 0.302 e. The molecular weight excluding hydrogens is 278 g/mol. The first-order valence-corrected chi connectivity index (χ1v) is 9.65. The van der Waals surface area contributed by atoms with E-state index in [4.69, 9.17) is 0 Å². The molecule has 1 fully saturated rings. The summed E-state index contributed by atoms with van der Waals surface area (Å²) in [7, 11) is -2.83. The molecule has 0 saturated carbocycles. The van der Waals surface area contributed by atoms with Crippen LogP contribution in [0.5, 0.6) is 0 Å². The highest BCUT2D eigenvalue weighted by Crippen LogP contribution is 2.25. The maximum Gasteiger partial charge on any atom is 0.148 e. The Morgan fingerprint density at radius 3 is 2.74 bits per heavy atom. The molecule has 19 heavy (non-hydrogen) atoms. The normalized spacial score (nSPS) is 20.8. The van der Waals surface area contributed by atoms with E-state index in [2.05, 4.69) is 29.2 Å². The Balaban J connectivity index is 1.70. The Labute approximate surface area is 120 Å². The van der Waals surface area contributed by atoms with Crippen molar-refractivity contribution in [3.05, 3.63) is 30.3 Å². The number of sulfone groups is 1. The maximum absolute atomic E-state index is 11.1. The molecule has 2 rings (SSSR count). The number of hydrogen-bond acceptors (Lipinski definition) is 4. The first kappa shape index (κ1) is 14.9. The molecule has 0 aliphatic carbocycles. The summed E-state index contributed by atoms with van der Waals surface area (Å²) < 4.78 is 22.3. The topological polar surface area (TPSA) is 37.4 Å². The van der Waals surface area contributed by atoms with Gasteiger partial charge in [0, 0.05) is 30.0 Å². The lowest BCUT2D eigenvalue weighted by Crippen LogP contribution is -2.27. The molecule has 1 atom stereocenters. The van der Waals surface area contributed by atoms with Crippen LogP contribution in [0.25, 0.3) is 0 Å². The lowest BCUT2D eigenvalue weighted by atomic mass is 10.2. The van der Waals surface area contributed by atoms with Gasteiger partial charge in [-0.3, -0.25) is 0 Å². The summed E-state index contributed by atoms with van der Waals surface area (Å²) in [5.41, 5.74) is 0. The van der Waals surface area contributed by atoms with Crippen LogP contribution in [0.1, 0.15) is 6.42 Å². The van der Waals surface area contributed by atoms with Crippen LogP contribution in [0.2, 0.25) is 0 Å². The summed E-state index contributed by atoms with van der Waals surface area (Å²) in [5, 5.41) is 0. The van der Waals surface area contributed by atoms with Crippen molar-refractivity contribution >= 4 is 21.6 Å². The molecule has 1 aliphatic heterocycles. The highest BCUT2D eigenvalue weighted by molar-refractivity contribution is 7.99. The molecule has 1 aromatic rings. The first-order chi connectivity index (χ1) is 9.03. The number of benzene rings is 1. The summed E-state index contributed by atoms with van der Waals surface area (Å²) in [6, 6.07) is 10.4. The van der Waals surface area contributed by atoms with Gasteiger partial charge in [0.25, 0.3) is 0 Å². The molecular formula is C14H21NO2S2. The van der Waals surface area contributed by atoms with E-state index in [1.807, 2.05) is 17.8 Å². The van der Waals surface area contributed by atoms with Gasteiger partial charge in [0.1, 0.15) is 9.84 Å². The second-order valence-electron chi connectivity index (χ2n) is 5.21. The van der Waals surface area contributed by atoms with Gasteiger partial charge in [-0.2, -0.15) is 0 Å². The smallest absolute Gasteiger partial charge is 0.148 e. The molecule has 1 aliphatic rings. The molecule has 0 unspecified atom stereocenters. The fourth-order valence-corrected chi connectivity index (χ4v) is 3.92. The van der Waals surface area contributed by atoms with Crippen LogP contribution in [0, 0.1) is 5.92 Å². The third-order valence-electron chi connectivity index (χ3n) is 3.38. The van der Waals surface area contributed by atoms with Crippen LogP contribution in [-0.2, 0) is 9.84 Å². The Morgan fingerprint density at radius 1 is 1.32 bits per heavy atom. The van der Waals surface area contributed by atoms with Crippen LogP contribution in [0.15, 0.2) is 35.2 Å². The SMILES string of the molecule is CS(=O)(=O)CCN1CC[C@H](CSc2ccccc2)C1. The van der Waals surface area contributed by atoms with Crippen molar-refractivity contribution in [3.63, 3.8) is 0 Å². The van der Waals surface area contributed by atoms with E-state index >= 15 is 0 Å². The summed E-state index contributed by atoms with van der Waals surface area (Å²) >= 11 is 1.90. The van der Waals surface area contributed by atoms with Gasteiger partial charge in [0.2, 0.25) is 0 Å². The zero-order valence-electron chi connectivity index (χ0n) is 11.3. The Morgan fingerprint density at radius 2 is 2.05 bits per heavy atom. The predicted molar refractivity (Wildman–Crippen MR) is 81.4 cm³/mol. The highest BCUT2D eigenvalue weighted by atomic mass is 32.2. The van der Waals surface area contributed by atoms with E-state index in [-0.39, 0.29) is 5.75 Å². The third kappa shape index (κ3) is 5.55. The van der Waals surface area contributed by atoms with Crippen molar-refractivity contribution in [1.29, 1.82) is 0 Å². The van der Waals surface area contributed by atoms with Crippen LogP contribution in [0.4, 0.5) is 0 Å². The van der Waals surface area contributed by atoms with Gasteiger partial charge in [-0.25, -0.2) is 8.42 Å². The van der Waals surface area contributed by atoms with E-state index in [9.17, 15) is 8.42 Å². The third-order valence-corrected chi connectivity index (χ3v) is 5.54. The summed E-state index contributed by atoms with van der Waals surface area (Å²) in [4.78, 5) is 3.59. The maximum atomic E-state index is 11.1. The summed E-state index contributed by atoms with van der Waals surface area (Å²) in [6.07, 6.45) is 2.50. The molecule has 0 spiro atoms. The lowest BCUT2D eigenvalue weighted by molar-refractivity contribution is 0.348. The minimum Gasteiger partial charge on any atom is -0.302 e. The second kappa shape index (κ2) is 6.77. The molecule has 1 saturated heterocycles. The second-order valence-corrected chi connectivity index (χ2v) is 8.56. The number of rotatable bonds is 6. The molecule has 0 N–H and O–H groups in total. The average Bonchev–Trinajstić information content (AvgIpc) is 2.82. The first-order valence-electron chi connectivity index (χ1n) is 6.61. The van der Waals surface area contributed by atoms with E-state index in [0.29, 0.717) is 12.5 Å². The van der Waals surface area contributed by atoms with Gasteiger partial charge < -0.3 is 4.90 Å². The summed E-state index contributed by atoms with van der Waals surface area (Å²) in [5.74, 6) is 2.09. The Kier molecular flexibility index (Phi) is 5.30. The van der Waals surface area contributed by atoms with Gasteiger partial charge in [0.05, 0.1) is 5.75 Å². The Hall–Kier alpha value is -0.520.